The van der Waals surface area contributed by atoms with Gasteiger partial charge in [0.15, 0.2) is 5.82 Å². The molecule has 0 saturated heterocycles. The molecule has 0 aliphatic carbocycles. The number of halogens is 1. The van der Waals surface area contributed by atoms with Crippen molar-refractivity contribution >= 4 is 34.2 Å². The van der Waals surface area contributed by atoms with Gasteiger partial charge in [-0.25, -0.2) is 4.98 Å². The molecule has 3 aromatic rings. The highest BCUT2D eigenvalue weighted by molar-refractivity contribution is 6.32. The zero-order valence-corrected chi connectivity index (χ0v) is 12.1. The Bertz CT molecular complexity index is 983. The standard InChI is InChI=1S/C17H10ClN3O/c18-14-7-3-1-5-11(14)9-12(10-19)16-20-15-8-4-2-6-13(15)17(22)21-16/h1-9H,(H,20,21,22)/b12-9+. The quantitative estimate of drug-likeness (QED) is 0.735. The van der Waals surface area contributed by atoms with Crippen LogP contribution in [0.15, 0.2) is 53.3 Å². The number of rotatable bonds is 2. The lowest BCUT2D eigenvalue weighted by atomic mass is 10.1. The van der Waals surface area contributed by atoms with E-state index in [2.05, 4.69) is 16.0 Å². The van der Waals surface area contributed by atoms with Crippen molar-refractivity contribution in [1.29, 1.82) is 5.26 Å². The average Bonchev–Trinajstić information content (AvgIpc) is 2.54. The van der Waals surface area contributed by atoms with Gasteiger partial charge in [-0.15, -0.1) is 0 Å². The van der Waals surface area contributed by atoms with E-state index in [1.54, 1.807) is 42.5 Å². The molecule has 4 nitrogen and oxygen atoms in total. The molecule has 2 aromatic carbocycles. The highest BCUT2D eigenvalue weighted by Crippen LogP contribution is 2.21. The molecule has 22 heavy (non-hydrogen) atoms. The summed E-state index contributed by atoms with van der Waals surface area (Å²) < 4.78 is 0. The summed E-state index contributed by atoms with van der Waals surface area (Å²) in [6.45, 7) is 0. The summed E-state index contributed by atoms with van der Waals surface area (Å²) in [5.41, 5.74) is 1.20. The lowest BCUT2D eigenvalue weighted by molar-refractivity contribution is 1.13. The molecule has 0 unspecified atom stereocenters. The molecule has 1 aromatic heterocycles. The molecule has 5 heteroatoms. The summed E-state index contributed by atoms with van der Waals surface area (Å²) in [7, 11) is 0. The van der Waals surface area contributed by atoms with Gasteiger partial charge in [0.05, 0.1) is 16.5 Å². The van der Waals surface area contributed by atoms with Gasteiger partial charge in [-0.1, -0.05) is 41.9 Å². The summed E-state index contributed by atoms with van der Waals surface area (Å²) in [4.78, 5) is 19.1. The number of aromatic nitrogens is 2. The third-order valence-corrected chi connectivity index (χ3v) is 3.54. The van der Waals surface area contributed by atoms with E-state index in [0.717, 1.165) is 0 Å². The van der Waals surface area contributed by atoms with Crippen LogP contribution in [0.5, 0.6) is 0 Å². The van der Waals surface area contributed by atoms with Gasteiger partial charge in [0.2, 0.25) is 0 Å². The lowest BCUT2D eigenvalue weighted by Crippen LogP contribution is -2.11. The summed E-state index contributed by atoms with van der Waals surface area (Å²) in [5, 5.41) is 10.4. The van der Waals surface area contributed by atoms with Crippen molar-refractivity contribution in [2.45, 2.75) is 0 Å². The summed E-state index contributed by atoms with van der Waals surface area (Å²) in [6.07, 6.45) is 1.61. The number of benzene rings is 2. The van der Waals surface area contributed by atoms with Crippen LogP contribution in [0, 0.1) is 11.3 Å². The number of hydrogen-bond donors (Lipinski definition) is 1. The molecule has 1 N–H and O–H groups in total. The molecule has 0 saturated carbocycles. The smallest absolute Gasteiger partial charge is 0.259 e. The van der Waals surface area contributed by atoms with Crippen LogP contribution >= 0.6 is 11.6 Å². The van der Waals surface area contributed by atoms with Crippen molar-refractivity contribution in [3.63, 3.8) is 0 Å². The number of H-pyrrole nitrogens is 1. The average molecular weight is 308 g/mol. The number of fused-ring (bicyclic) bond motifs is 1. The van der Waals surface area contributed by atoms with Crippen LogP contribution in [0.3, 0.4) is 0 Å². The minimum Gasteiger partial charge on any atom is -0.305 e. The third kappa shape index (κ3) is 2.62. The molecule has 1 heterocycles. The van der Waals surface area contributed by atoms with Crippen LogP contribution in [0.4, 0.5) is 0 Å². The monoisotopic (exact) mass is 307 g/mol. The SMILES string of the molecule is N#C/C(=C\c1ccccc1Cl)c1nc2ccccc2c(=O)[nH]1. The van der Waals surface area contributed by atoms with Crippen LogP contribution in [0.2, 0.25) is 5.02 Å². The Morgan fingerprint density at radius 1 is 1.18 bits per heavy atom. The maximum atomic E-state index is 12.1. The van der Waals surface area contributed by atoms with E-state index in [1.165, 1.54) is 0 Å². The minimum absolute atomic E-state index is 0.228. The van der Waals surface area contributed by atoms with Crippen LogP contribution in [0.25, 0.3) is 22.6 Å². The van der Waals surface area contributed by atoms with Crippen LogP contribution in [-0.4, -0.2) is 9.97 Å². The molecule has 106 valence electrons. The Balaban J connectivity index is 2.18. The van der Waals surface area contributed by atoms with Crippen LogP contribution in [-0.2, 0) is 0 Å². The summed E-state index contributed by atoms with van der Waals surface area (Å²) >= 11 is 6.09. The molecule has 0 fully saturated rings. The molecule has 0 amide bonds. The fourth-order valence-electron chi connectivity index (χ4n) is 2.12. The Morgan fingerprint density at radius 3 is 2.68 bits per heavy atom. The van der Waals surface area contributed by atoms with Gasteiger partial charge in [0.1, 0.15) is 6.07 Å². The van der Waals surface area contributed by atoms with Crippen molar-refractivity contribution in [1.82, 2.24) is 9.97 Å². The van der Waals surface area contributed by atoms with Crippen molar-refractivity contribution < 1.29 is 0 Å². The third-order valence-electron chi connectivity index (χ3n) is 3.19. The lowest BCUT2D eigenvalue weighted by Gasteiger charge is -2.03. The number of nitrogens with zero attached hydrogens (tertiary/aromatic N) is 2. The van der Waals surface area contributed by atoms with E-state index in [-0.39, 0.29) is 17.0 Å². The van der Waals surface area contributed by atoms with Crippen molar-refractivity contribution in [3.05, 3.63) is 75.3 Å². The first-order chi connectivity index (χ1) is 10.7. The highest BCUT2D eigenvalue weighted by Gasteiger charge is 2.08. The van der Waals surface area contributed by atoms with Gasteiger partial charge in [-0.05, 0) is 29.8 Å². The fraction of sp³-hybridized carbons (Fsp3) is 0. The van der Waals surface area contributed by atoms with Gasteiger partial charge in [-0.2, -0.15) is 5.26 Å². The summed E-state index contributed by atoms with van der Waals surface area (Å²) in [5.74, 6) is 0.228. The second kappa shape index (κ2) is 5.84. The largest absolute Gasteiger partial charge is 0.305 e. The number of allylic oxidation sites excluding steroid dienone is 1. The van der Waals surface area contributed by atoms with E-state index >= 15 is 0 Å². The Labute approximate surface area is 131 Å². The van der Waals surface area contributed by atoms with Gasteiger partial charge in [0.25, 0.3) is 5.56 Å². The number of nitrogens with one attached hydrogen (secondary N) is 1. The van der Waals surface area contributed by atoms with E-state index in [1.807, 2.05) is 12.1 Å². The van der Waals surface area contributed by atoms with E-state index < -0.39 is 0 Å². The topological polar surface area (TPSA) is 69.5 Å². The summed E-state index contributed by atoms with van der Waals surface area (Å²) in [6, 6.07) is 16.2. The Hall–Kier alpha value is -2.90. The highest BCUT2D eigenvalue weighted by atomic mass is 35.5. The predicted octanol–water partition coefficient (Wildman–Crippen LogP) is 3.64. The van der Waals surface area contributed by atoms with E-state index in [0.29, 0.717) is 21.5 Å². The second-order valence-electron chi connectivity index (χ2n) is 4.62. The van der Waals surface area contributed by atoms with Gasteiger partial charge in [0, 0.05) is 5.02 Å². The molecule has 3 rings (SSSR count). The minimum atomic E-state index is -0.277. The maximum Gasteiger partial charge on any atom is 0.259 e. The predicted molar refractivity (Wildman–Crippen MR) is 87.3 cm³/mol. The normalized spacial score (nSPS) is 11.4. The number of para-hydroxylation sites is 1. The maximum absolute atomic E-state index is 12.1. The van der Waals surface area contributed by atoms with Gasteiger partial charge in [-0.3, -0.25) is 4.79 Å². The molecule has 0 bridgehead atoms. The van der Waals surface area contributed by atoms with Crippen molar-refractivity contribution in [2.24, 2.45) is 0 Å². The molecule has 0 aliphatic heterocycles. The molecule has 0 spiro atoms. The molecule has 0 atom stereocenters. The first kappa shape index (κ1) is 14.1. The molecular weight excluding hydrogens is 298 g/mol. The van der Waals surface area contributed by atoms with E-state index in [9.17, 15) is 10.1 Å². The second-order valence-corrected chi connectivity index (χ2v) is 5.03. The van der Waals surface area contributed by atoms with Crippen LogP contribution < -0.4 is 5.56 Å². The van der Waals surface area contributed by atoms with Crippen LogP contribution in [0.1, 0.15) is 11.4 Å². The van der Waals surface area contributed by atoms with Crippen molar-refractivity contribution in [2.75, 3.05) is 0 Å². The molecule has 0 radical (unpaired) electrons. The zero-order chi connectivity index (χ0) is 15.5. The van der Waals surface area contributed by atoms with Gasteiger partial charge < -0.3 is 4.98 Å². The molecule has 0 aliphatic rings. The zero-order valence-electron chi connectivity index (χ0n) is 11.4. The number of aromatic amines is 1. The Kier molecular flexibility index (Phi) is 3.73. The van der Waals surface area contributed by atoms with Gasteiger partial charge >= 0.3 is 0 Å². The van der Waals surface area contributed by atoms with E-state index in [4.69, 9.17) is 11.6 Å². The Morgan fingerprint density at radius 2 is 1.91 bits per heavy atom. The number of nitriles is 1. The van der Waals surface area contributed by atoms with Crippen molar-refractivity contribution in [3.8, 4) is 6.07 Å². The number of hydrogen-bond acceptors (Lipinski definition) is 3. The molecular formula is C17H10ClN3O. The first-order valence-electron chi connectivity index (χ1n) is 6.55. The first-order valence-corrected chi connectivity index (χ1v) is 6.92. The fourth-order valence-corrected chi connectivity index (χ4v) is 2.31.